The first-order valence-electron chi connectivity index (χ1n) is 8.95. The molecule has 6 nitrogen and oxygen atoms in total. The quantitative estimate of drug-likeness (QED) is 0.436. The zero-order chi connectivity index (χ0) is 20.4. The van der Waals surface area contributed by atoms with Gasteiger partial charge >= 0.3 is 0 Å². The van der Waals surface area contributed by atoms with Gasteiger partial charge in [0.25, 0.3) is 0 Å². The van der Waals surface area contributed by atoms with E-state index in [9.17, 15) is 0 Å². The average Bonchev–Trinajstić information content (AvgIpc) is 3.35. The van der Waals surface area contributed by atoms with Gasteiger partial charge in [0.2, 0.25) is 0 Å². The summed E-state index contributed by atoms with van der Waals surface area (Å²) < 4.78 is 5.45. The minimum atomic E-state index is 0.475. The van der Waals surface area contributed by atoms with E-state index in [2.05, 4.69) is 27.3 Å². The number of benzene rings is 2. The summed E-state index contributed by atoms with van der Waals surface area (Å²) in [4.78, 5) is 12.2. The lowest BCUT2D eigenvalue weighted by atomic mass is 10.1. The molecule has 0 aliphatic carbocycles. The summed E-state index contributed by atoms with van der Waals surface area (Å²) in [5.74, 6) is 1.27. The molecule has 2 aromatic carbocycles. The van der Waals surface area contributed by atoms with Crippen LogP contribution in [0.25, 0.3) is 21.1 Å². The highest BCUT2D eigenvalue weighted by molar-refractivity contribution is 7.23. The topological polar surface area (TPSA) is 76.3 Å². The molecule has 0 aliphatic heterocycles. The number of hydrogen-bond acceptors (Lipinski definition) is 8. The van der Waals surface area contributed by atoms with Crippen molar-refractivity contribution in [2.75, 3.05) is 37.2 Å². The van der Waals surface area contributed by atoms with Crippen LogP contribution in [0.4, 0.5) is 22.3 Å². The zero-order valence-corrected chi connectivity index (χ0v) is 18.0. The molecule has 0 saturated heterocycles. The number of nitrogens with two attached hydrogens (primary N) is 1. The highest BCUT2D eigenvalue weighted by Gasteiger charge is 2.16. The highest BCUT2D eigenvalue weighted by Crippen LogP contribution is 2.40. The third-order valence-electron chi connectivity index (χ3n) is 4.37. The molecule has 3 N–H and O–H groups in total. The summed E-state index contributed by atoms with van der Waals surface area (Å²) >= 11 is 3.04. The number of anilines is 4. The van der Waals surface area contributed by atoms with Crippen molar-refractivity contribution in [2.24, 2.45) is 0 Å². The van der Waals surface area contributed by atoms with Crippen LogP contribution in [0.15, 0.2) is 53.9 Å². The van der Waals surface area contributed by atoms with Crippen molar-refractivity contribution in [1.82, 2.24) is 9.97 Å². The average molecular weight is 424 g/mol. The Labute approximate surface area is 177 Å². The Morgan fingerprint density at radius 3 is 2.52 bits per heavy atom. The molecule has 0 unspecified atom stereocenters. The maximum absolute atomic E-state index is 6.19. The van der Waals surface area contributed by atoms with E-state index in [0.29, 0.717) is 5.82 Å². The molecular weight excluding hydrogens is 402 g/mol. The molecule has 0 spiro atoms. The van der Waals surface area contributed by atoms with Gasteiger partial charge in [0.05, 0.1) is 12.8 Å². The fourth-order valence-electron chi connectivity index (χ4n) is 2.86. The predicted octanol–water partition coefficient (Wildman–Crippen LogP) is 5.33. The van der Waals surface area contributed by atoms with E-state index in [1.54, 1.807) is 18.4 Å². The second-order valence-electron chi connectivity index (χ2n) is 6.54. The van der Waals surface area contributed by atoms with Gasteiger partial charge in [-0.15, -0.1) is 11.3 Å². The second kappa shape index (κ2) is 8.10. The minimum Gasteiger partial charge on any atom is -0.496 e. The van der Waals surface area contributed by atoms with Gasteiger partial charge in [0, 0.05) is 36.4 Å². The maximum atomic E-state index is 6.19. The van der Waals surface area contributed by atoms with Gasteiger partial charge in [-0.1, -0.05) is 23.5 Å². The first kappa shape index (κ1) is 19.2. The van der Waals surface area contributed by atoms with Crippen molar-refractivity contribution < 1.29 is 4.74 Å². The molecule has 0 saturated carbocycles. The number of ether oxygens (including phenoxy) is 1. The molecule has 2 heterocycles. The monoisotopic (exact) mass is 423 g/mol. The van der Waals surface area contributed by atoms with Gasteiger partial charge in [-0.05, 0) is 36.4 Å². The maximum Gasteiger partial charge on any atom is 0.189 e. The Hall–Kier alpha value is -3.10. The first-order valence-corrected chi connectivity index (χ1v) is 10.6. The van der Waals surface area contributed by atoms with E-state index < -0.39 is 0 Å². The molecule has 0 radical (unpaired) electrons. The normalized spacial score (nSPS) is 10.7. The number of hydrogen-bond donors (Lipinski definition) is 2. The summed E-state index contributed by atoms with van der Waals surface area (Å²) in [6, 6.07) is 16.0. The van der Waals surface area contributed by atoms with Crippen LogP contribution >= 0.6 is 22.7 Å². The Morgan fingerprint density at radius 2 is 1.79 bits per heavy atom. The molecule has 0 atom stereocenters. The number of nitrogens with zero attached hydrogens (tertiary/aromatic N) is 3. The van der Waals surface area contributed by atoms with Gasteiger partial charge in [0.15, 0.2) is 5.13 Å². The number of nitrogen functional groups attached to an aromatic ring is 1. The largest absolute Gasteiger partial charge is 0.496 e. The highest BCUT2D eigenvalue weighted by atomic mass is 32.1. The van der Waals surface area contributed by atoms with E-state index in [4.69, 9.17) is 15.5 Å². The van der Waals surface area contributed by atoms with Crippen molar-refractivity contribution in [2.45, 2.75) is 0 Å². The number of methoxy groups -OCH3 is 1. The van der Waals surface area contributed by atoms with Crippen LogP contribution in [0.3, 0.4) is 0 Å². The molecule has 2 aromatic heterocycles. The van der Waals surface area contributed by atoms with Crippen molar-refractivity contribution in [3.63, 3.8) is 0 Å². The van der Waals surface area contributed by atoms with Gasteiger partial charge in [-0.3, -0.25) is 0 Å². The number of para-hydroxylation sites is 1. The molecule has 0 amide bonds. The van der Waals surface area contributed by atoms with E-state index in [-0.39, 0.29) is 0 Å². The smallest absolute Gasteiger partial charge is 0.189 e. The summed E-state index contributed by atoms with van der Waals surface area (Å²) in [5, 5.41) is 6.92. The third-order valence-corrected chi connectivity index (χ3v) is 6.35. The molecule has 29 heavy (non-hydrogen) atoms. The number of nitrogens with one attached hydrogen (secondary N) is 1. The van der Waals surface area contributed by atoms with E-state index >= 15 is 0 Å². The molecule has 0 fully saturated rings. The lowest BCUT2D eigenvalue weighted by molar-refractivity contribution is 0.416. The summed E-state index contributed by atoms with van der Waals surface area (Å²) in [7, 11) is 5.70. The molecule has 0 aliphatic rings. The first-order chi connectivity index (χ1) is 14.0. The van der Waals surface area contributed by atoms with Crippen molar-refractivity contribution in [3.05, 3.63) is 53.9 Å². The minimum absolute atomic E-state index is 0.475. The third kappa shape index (κ3) is 4.03. The summed E-state index contributed by atoms with van der Waals surface area (Å²) in [6.07, 6.45) is 0. The second-order valence-corrected chi connectivity index (χ2v) is 8.40. The number of thiazole rings is 2. The zero-order valence-electron chi connectivity index (χ0n) is 16.3. The molecular formula is C21H21N5OS2. The van der Waals surface area contributed by atoms with Gasteiger partial charge in [-0.2, -0.15) is 0 Å². The standard InChI is InChI=1S/C21H21N5OS2/c1-26(2)14-10-8-13(9-11-14)23-21-25-19(22)18(29-21)20-24-16(12-28-20)15-6-4-5-7-17(15)27-3/h4-12H,22H2,1-3H3,(H,23,25). The lowest BCUT2D eigenvalue weighted by Gasteiger charge is -2.12. The molecule has 4 aromatic rings. The Kier molecular flexibility index (Phi) is 5.37. The Morgan fingerprint density at radius 1 is 1.03 bits per heavy atom. The van der Waals surface area contributed by atoms with Crippen LogP contribution in [-0.4, -0.2) is 31.2 Å². The van der Waals surface area contributed by atoms with E-state index in [1.807, 2.05) is 55.9 Å². The molecule has 148 valence electrons. The van der Waals surface area contributed by atoms with Crippen LogP contribution in [0.5, 0.6) is 5.75 Å². The van der Waals surface area contributed by atoms with Gasteiger partial charge in [0.1, 0.15) is 21.5 Å². The van der Waals surface area contributed by atoms with Crippen molar-refractivity contribution in [1.29, 1.82) is 0 Å². The van der Waals surface area contributed by atoms with Crippen LogP contribution in [0.1, 0.15) is 0 Å². The van der Waals surface area contributed by atoms with E-state index in [0.717, 1.165) is 43.4 Å². The van der Waals surface area contributed by atoms with Crippen molar-refractivity contribution >= 4 is 45.0 Å². The molecule has 0 bridgehead atoms. The molecule has 4 rings (SSSR count). The SMILES string of the molecule is COc1ccccc1-c1csc(-c2sc(Nc3ccc(N(C)C)cc3)nc2N)n1. The van der Waals surface area contributed by atoms with Crippen LogP contribution in [-0.2, 0) is 0 Å². The van der Waals surface area contributed by atoms with Crippen molar-refractivity contribution in [3.8, 4) is 26.9 Å². The van der Waals surface area contributed by atoms with Gasteiger partial charge in [-0.25, -0.2) is 9.97 Å². The Bertz CT molecular complexity index is 1120. The Balaban J connectivity index is 1.58. The number of aromatic nitrogens is 2. The van der Waals surface area contributed by atoms with Gasteiger partial charge < -0.3 is 20.7 Å². The molecule has 8 heteroatoms. The lowest BCUT2D eigenvalue weighted by Crippen LogP contribution is -2.08. The van der Waals surface area contributed by atoms with Crippen LogP contribution in [0.2, 0.25) is 0 Å². The van der Waals surface area contributed by atoms with Crippen LogP contribution < -0.4 is 20.7 Å². The fourth-order valence-corrected chi connectivity index (χ4v) is 4.69. The summed E-state index contributed by atoms with van der Waals surface area (Å²) in [6.45, 7) is 0. The predicted molar refractivity (Wildman–Crippen MR) is 124 cm³/mol. The van der Waals surface area contributed by atoms with Crippen LogP contribution in [0, 0.1) is 0 Å². The number of rotatable bonds is 6. The fraction of sp³-hybridized carbons (Fsp3) is 0.143. The van der Waals surface area contributed by atoms with E-state index in [1.165, 1.54) is 11.3 Å². The summed E-state index contributed by atoms with van der Waals surface area (Å²) in [5.41, 5.74) is 10.1.